The maximum absolute atomic E-state index is 13.5. The molecule has 0 bridgehead atoms. The molecule has 2 aromatic rings. The van der Waals surface area contributed by atoms with Crippen molar-refractivity contribution in [3.05, 3.63) is 58.9 Å². The van der Waals surface area contributed by atoms with Crippen LogP contribution in [0.4, 0.5) is 13.2 Å². The summed E-state index contributed by atoms with van der Waals surface area (Å²) < 4.78 is 48.5. The summed E-state index contributed by atoms with van der Waals surface area (Å²) in [5, 5.41) is 15.3. The zero-order valence-electron chi connectivity index (χ0n) is 16.2. The molecular formula is C20H24F3N3O3. The Kier molecular flexibility index (Phi) is 8.60. The van der Waals surface area contributed by atoms with Crippen LogP contribution < -0.4 is 20.1 Å². The van der Waals surface area contributed by atoms with Crippen molar-refractivity contribution in [2.24, 2.45) is 4.99 Å². The number of alkyl halides is 2. The second kappa shape index (κ2) is 11.2. The average Bonchev–Trinajstić information content (AvgIpc) is 2.71. The highest BCUT2D eigenvalue weighted by atomic mass is 19.3. The lowest BCUT2D eigenvalue weighted by molar-refractivity contribution is -0.0505. The third-order valence-electron chi connectivity index (χ3n) is 3.97. The van der Waals surface area contributed by atoms with Crippen molar-refractivity contribution in [2.75, 3.05) is 13.7 Å². The number of aliphatic hydroxyl groups excluding tert-OH is 1. The maximum Gasteiger partial charge on any atom is 0.387 e. The number of methoxy groups -OCH3 is 1. The van der Waals surface area contributed by atoms with Gasteiger partial charge >= 0.3 is 6.61 Å². The number of guanidine groups is 1. The lowest BCUT2D eigenvalue weighted by Gasteiger charge is -2.15. The molecule has 0 aliphatic rings. The number of aliphatic hydroxyl groups is 1. The van der Waals surface area contributed by atoms with Crippen molar-refractivity contribution in [2.45, 2.75) is 33.2 Å². The number of hydrogen-bond acceptors (Lipinski definition) is 4. The highest BCUT2D eigenvalue weighted by Gasteiger charge is 2.12. The van der Waals surface area contributed by atoms with Gasteiger partial charge in [0.15, 0.2) is 5.96 Å². The van der Waals surface area contributed by atoms with E-state index in [4.69, 9.17) is 9.84 Å². The molecule has 9 heteroatoms. The molecule has 2 rings (SSSR count). The van der Waals surface area contributed by atoms with Crippen LogP contribution in [0.2, 0.25) is 0 Å². The number of hydrogen-bond donors (Lipinski definition) is 3. The number of ether oxygens (including phenoxy) is 2. The molecule has 0 radical (unpaired) electrons. The fourth-order valence-electron chi connectivity index (χ4n) is 2.57. The van der Waals surface area contributed by atoms with Gasteiger partial charge in [-0.05, 0) is 42.8 Å². The van der Waals surface area contributed by atoms with Crippen LogP contribution in [0.25, 0.3) is 0 Å². The zero-order chi connectivity index (χ0) is 21.2. The van der Waals surface area contributed by atoms with E-state index in [1.54, 1.807) is 18.2 Å². The van der Waals surface area contributed by atoms with E-state index in [0.29, 0.717) is 23.8 Å². The first-order valence-corrected chi connectivity index (χ1v) is 8.98. The summed E-state index contributed by atoms with van der Waals surface area (Å²) in [6.07, 6.45) is 0. The predicted molar refractivity (Wildman–Crippen MR) is 104 cm³/mol. The summed E-state index contributed by atoms with van der Waals surface area (Å²) in [5.74, 6) is 0.506. The summed E-state index contributed by atoms with van der Waals surface area (Å²) in [6.45, 7) is -0.476. The summed E-state index contributed by atoms with van der Waals surface area (Å²) in [7, 11) is 1.48. The Morgan fingerprint density at radius 1 is 1.14 bits per heavy atom. The van der Waals surface area contributed by atoms with Crippen molar-refractivity contribution in [3.63, 3.8) is 0 Å². The molecule has 0 heterocycles. The monoisotopic (exact) mass is 411 g/mol. The minimum Gasteiger partial charge on any atom is -0.497 e. The van der Waals surface area contributed by atoms with Gasteiger partial charge in [-0.2, -0.15) is 8.78 Å². The van der Waals surface area contributed by atoms with E-state index in [9.17, 15) is 13.2 Å². The molecule has 0 aliphatic carbocycles. The third-order valence-corrected chi connectivity index (χ3v) is 3.97. The Morgan fingerprint density at radius 2 is 1.93 bits per heavy atom. The van der Waals surface area contributed by atoms with Crippen LogP contribution in [-0.4, -0.2) is 31.3 Å². The Balaban J connectivity index is 2.13. The molecule has 2 aromatic carbocycles. The van der Waals surface area contributed by atoms with Gasteiger partial charge < -0.3 is 25.2 Å². The molecule has 6 nitrogen and oxygen atoms in total. The molecular weight excluding hydrogens is 387 g/mol. The number of nitrogens with zero attached hydrogens (tertiary/aromatic N) is 1. The SMILES string of the molecule is CCNC(=NCc1ccc(F)c(CO)c1)NCc1cc(OC)ccc1OC(F)F. The second-order valence-corrected chi connectivity index (χ2v) is 5.98. The van der Waals surface area contributed by atoms with E-state index in [-0.39, 0.29) is 24.4 Å². The van der Waals surface area contributed by atoms with Crippen LogP contribution in [0.15, 0.2) is 41.4 Å². The van der Waals surface area contributed by atoms with Crippen molar-refractivity contribution >= 4 is 5.96 Å². The van der Waals surface area contributed by atoms with Crippen molar-refractivity contribution < 1.29 is 27.8 Å². The molecule has 0 fully saturated rings. The van der Waals surface area contributed by atoms with Gasteiger partial charge in [-0.1, -0.05) is 6.07 Å². The molecule has 0 aromatic heterocycles. The Morgan fingerprint density at radius 3 is 2.59 bits per heavy atom. The van der Waals surface area contributed by atoms with Crippen LogP contribution >= 0.6 is 0 Å². The largest absolute Gasteiger partial charge is 0.497 e. The third kappa shape index (κ3) is 6.86. The lowest BCUT2D eigenvalue weighted by atomic mass is 10.1. The van der Waals surface area contributed by atoms with Crippen molar-refractivity contribution in [1.29, 1.82) is 0 Å². The molecule has 0 atom stereocenters. The van der Waals surface area contributed by atoms with E-state index < -0.39 is 19.0 Å². The summed E-state index contributed by atoms with van der Waals surface area (Å²) in [6, 6.07) is 8.95. The summed E-state index contributed by atoms with van der Waals surface area (Å²) >= 11 is 0. The Bertz CT molecular complexity index is 832. The predicted octanol–water partition coefficient (Wildman–Crippen LogP) is 3.18. The Hall–Kier alpha value is -2.94. The maximum atomic E-state index is 13.5. The van der Waals surface area contributed by atoms with Crippen LogP contribution in [-0.2, 0) is 19.7 Å². The molecule has 3 N–H and O–H groups in total. The number of nitrogens with one attached hydrogen (secondary N) is 2. The molecule has 0 unspecified atom stereocenters. The molecule has 0 aliphatic heterocycles. The first kappa shape index (κ1) is 22.4. The van der Waals surface area contributed by atoms with Gasteiger partial charge in [-0.25, -0.2) is 9.38 Å². The normalized spacial score (nSPS) is 11.5. The Labute approximate surface area is 167 Å². The first-order valence-electron chi connectivity index (χ1n) is 8.98. The molecule has 0 saturated carbocycles. The topological polar surface area (TPSA) is 75.1 Å². The summed E-state index contributed by atoms with van der Waals surface area (Å²) in [5.41, 5.74) is 1.39. The molecule has 0 amide bonds. The minimum absolute atomic E-state index is 0.0373. The van der Waals surface area contributed by atoms with Crippen LogP contribution in [0, 0.1) is 5.82 Å². The number of rotatable bonds is 9. The smallest absolute Gasteiger partial charge is 0.387 e. The van der Waals surface area contributed by atoms with E-state index in [2.05, 4.69) is 20.4 Å². The molecule has 158 valence electrons. The first-order chi connectivity index (χ1) is 14.0. The van der Waals surface area contributed by atoms with Gasteiger partial charge in [0.25, 0.3) is 0 Å². The average molecular weight is 411 g/mol. The van der Waals surface area contributed by atoms with E-state index in [1.807, 2.05) is 6.92 Å². The van der Waals surface area contributed by atoms with Gasteiger partial charge in [0, 0.05) is 24.2 Å². The van der Waals surface area contributed by atoms with Crippen LogP contribution in [0.1, 0.15) is 23.6 Å². The van der Waals surface area contributed by atoms with Gasteiger partial charge in [0.2, 0.25) is 0 Å². The van der Waals surface area contributed by atoms with Gasteiger partial charge in [-0.3, -0.25) is 0 Å². The van der Waals surface area contributed by atoms with E-state index >= 15 is 0 Å². The van der Waals surface area contributed by atoms with E-state index in [0.717, 1.165) is 5.56 Å². The van der Waals surface area contributed by atoms with Crippen molar-refractivity contribution in [1.82, 2.24) is 10.6 Å². The number of benzene rings is 2. The van der Waals surface area contributed by atoms with Gasteiger partial charge in [0.1, 0.15) is 17.3 Å². The second-order valence-electron chi connectivity index (χ2n) is 5.98. The molecule has 0 spiro atoms. The van der Waals surface area contributed by atoms with Gasteiger partial charge in [-0.15, -0.1) is 0 Å². The lowest BCUT2D eigenvalue weighted by Crippen LogP contribution is -2.36. The molecule has 29 heavy (non-hydrogen) atoms. The van der Waals surface area contributed by atoms with Crippen LogP contribution in [0.3, 0.4) is 0 Å². The van der Waals surface area contributed by atoms with Crippen molar-refractivity contribution in [3.8, 4) is 11.5 Å². The summed E-state index contributed by atoms with van der Waals surface area (Å²) in [4.78, 5) is 4.41. The standard InChI is InChI=1S/C20H24F3N3O3/c1-3-24-20(25-10-13-4-6-17(21)15(8-13)12-27)26-11-14-9-16(28-2)5-7-18(14)29-19(22)23/h4-9,19,27H,3,10-12H2,1-2H3,(H2,24,25,26). The highest BCUT2D eigenvalue weighted by Crippen LogP contribution is 2.25. The fourth-order valence-corrected chi connectivity index (χ4v) is 2.57. The zero-order valence-corrected chi connectivity index (χ0v) is 16.2. The number of aliphatic imine (C=N–C) groups is 1. The molecule has 0 saturated heterocycles. The van der Waals surface area contributed by atoms with Crippen LogP contribution in [0.5, 0.6) is 11.5 Å². The van der Waals surface area contributed by atoms with E-state index in [1.165, 1.54) is 25.3 Å². The van der Waals surface area contributed by atoms with Gasteiger partial charge in [0.05, 0.1) is 20.3 Å². The highest BCUT2D eigenvalue weighted by molar-refractivity contribution is 5.79. The minimum atomic E-state index is -2.94. The number of halogens is 3. The fraction of sp³-hybridized carbons (Fsp3) is 0.350. The quantitative estimate of drug-likeness (QED) is 0.437.